The van der Waals surface area contributed by atoms with Gasteiger partial charge in [0.25, 0.3) is 0 Å². The molecule has 20 heavy (non-hydrogen) atoms. The Morgan fingerprint density at radius 1 is 1.30 bits per heavy atom. The summed E-state index contributed by atoms with van der Waals surface area (Å²) in [7, 11) is 0. The maximum Gasteiger partial charge on any atom is 0.337 e. The number of imidazole rings is 1. The number of hydrogen-bond acceptors (Lipinski definition) is 2. The quantitative estimate of drug-likeness (QED) is 0.778. The van der Waals surface area contributed by atoms with Gasteiger partial charge in [-0.2, -0.15) is 0 Å². The highest BCUT2D eigenvalue weighted by molar-refractivity contribution is 9.10. The molecule has 3 aromatic rings. The third kappa shape index (κ3) is 1.98. The van der Waals surface area contributed by atoms with Crippen LogP contribution >= 0.6 is 15.9 Å². The fraction of sp³-hybridized carbons (Fsp3) is 0. The number of fused-ring (bicyclic) bond motifs is 1. The number of carboxylic acid groups (broad SMARTS) is 1. The van der Waals surface area contributed by atoms with Gasteiger partial charge in [-0.25, -0.2) is 14.2 Å². The lowest BCUT2D eigenvalue weighted by Gasteiger charge is -2.05. The van der Waals surface area contributed by atoms with Crippen molar-refractivity contribution in [2.75, 3.05) is 0 Å². The van der Waals surface area contributed by atoms with Gasteiger partial charge in [-0.05, 0) is 46.3 Å². The van der Waals surface area contributed by atoms with Crippen molar-refractivity contribution in [1.29, 1.82) is 0 Å². The molecule has 0 fully saturated rings. The van der Waals surface area contributed by atoms with Gasteiger partial charge >= 0.3 is 5.97 Å². The second kappa shape index (κ2) is 4.72. The van der Waals surface area contributed by atoms with Crippen LogP contribution in [0.5, 0.6) is 0 Å². The minimum absolute atomic E-state index is 0.124. The molecule has 1 N–H and O–H groups in total. The standard InChI is InChI=1S/C14H8BrFN2O2/c15-10-5-4-8(6-11(10)16)18-7-17-13-9(14(19)20)2-1-3-12(13)18/h1-7H,(H,19,20). The van der Waals surface area contributed by atoms with Crippen molar-refractivity contribution in [3.63, 3.8) is 0 Å². The van der Waals surface area contributed by atoms with Gasteiger partial charge in [0.05, 0.1) is 21.2 Å². The van der Waals surface area contributed by atoms with Gasteiger partial charge in [-0.15, -0.1) is 0 Å². The molecule has 0 radical (unpaired) electrons. The van der Waals surface area contributed by atoms with Gasteiger partial charge in [0.2, 0.25) is 0 Å². The number of para-hydroxylation sites is 1. The van der Waals surface area contributed by atoms with E-state index in [1.54, 1.807) is 28.8 Å². The Morgan fingerprint density at radius 3 is 2.80 bits per heavy atom. The van der Waals surface area contributed by atoms with Crippen molar-refractivity contribution < 1.29 is 14.3 Å². The first-order valence-electron chi connectivity index (χ1n) is 5.72. The van der Waals surface area contributed by atoms with Crippen LogP contribution in [0.15, 0.2) is 47.2 Å². The summed E-state index contributed by atoms with van der Waals surface area (Å²) in [6, 6.07) is 9.55. The molecule has 0 saturated heterocycles. The van der Waals surface area contributed by atoms with Crippen molar-refractivity contribution in [1.82, 2.24) is 9.55 Å². The SMILES string of the molecule is O=C(O)c1cccc2c1ncn2-c1ccc(Br)c(F)c1. The molecule has 4 nitrogen and oxygen atoms in total. The Balaban J connectivity index is 2.25. The van der Waals surface area contributed by atoms with E-state index in [0.717, 1.165) is 0 Å². The van der Waals surface area contributed by atoms with Crippen LogP contribution in [0.25, 0.3) is 16.7 Å². The monoisotopic (exact) mass is 334 g/mol. The Morgan fingerprint density at radius 2 is 2.10 bits per heavy atom. The van der Waals surface area contributed by atoms with Crippen LogP contribution in [-0.4, -0.2) is 20.6 Å². The summed E-state index contributed by atoms with van der Waals surface area (Å²) in [4.78, 5) is 15.3. The van der Waals surface area contributed by atoms with Gasteiger partial charge in [0, 0.05) is 0 Å². The van der Waals surface area contributed by atoms with Gasteiger partial charge < -0.3 is 5.11 Å². The number of aromatic nitrogens is 2. The largest absolute Gasteiger partial charge is 0.478 e. The summed E-state index contributed by atoms with van der Waals surface area (Å²) in [5, 5.41) is 9.13. The van der Waals surface area contributed by atoms with Crippen LogP contribution in [0.4, 0.5) is 4.39 Å². The van der Waals surface area contributed by atoms with E-state index in [0.29, 0.717) is 21.2 Å². The minimum Gasteiger partial charge on any atom is -0.478 e. The third-order valence-electron chi connectivity index (χ3n) is 2.99. The number of hydrogen-bond donors (Lipinski definition) is 1. The van der Waals surface area contributed by atoms with Crippen molar-refractivity contribution in [3.05, 3.63) is 58.6 Å². The predicted octanol–water partition coefficient (Wildman–Crippen LogP) is 3.63. The average Bonchev–Trinajstić information content (AvgIpc) is 2.85. The molecule has 0 aliphatic carbocycles. The lowest BCUT2D eigenvalue weighted by atomic mass is 10.2. The summed E-state index contributed by atoms with van der Waals surface area (Å²) in [5.41, 5.74) is 1.70. The fourth-order valence-electron chi connectivity index (χ4n) is 2.05. The molecule has 0 spiro atoms. The van der Waals surface area contributed by atoms with Gasteiger partial charge in [0.1, 0.15) is 17.7 Å². The molecule has 3 rings (SSSR count). The summed E-state index contributed by atoms with van der Waals surface area (Å²) in [6.07, 6.45) is 1.49. The summed E-state index contributed by atoms with van der Waals surface area (Å²) in [6.45, 7) is 0. The lowest BCUT2D eigenvalue weighted by molar-refractivity contribution is 0.0699. The number of halogens is 2. The topological polar surface area (TPSA) is 55.1 Å². The molecule has 2 aromatic carbocycles. The highest BCUT2D eigenvalue weighted by Gasteiger charge is 2.13. The molecule has 0 bridgehead atoms. The van der Waals surface area contributed by atoms with Gasteiger partial charge in [-0.3, -0.25) is 4.57 Å². The van der Waals surface area contributed by atoms with Crippen LogP contribution in [0.2, 0.25) is 0 Å². The van der Waals surface area contributed by atoms with Crippen LogP contribution < -0.4 is 0 Å². The summed E-state index contributed by atoms with van der Waals surface area (Å²) in [5.74, 6) is -1.43. The molecule has 1 heterocycles. The van der Waals surface area contributed by atoms with E-state index in [-0.39, 0.29) is 5.56 Å². The molecule has 0 amide bonds. The van der Waals surface area contributed by atoms with E-state index in [2.05, 4.69) is 20.9 Å². The Kier molecular flexibility index (Phi) is 3.02. The van der Waals surface area contributed by atoms with E-state index in [1.807, 2.05) is 0 Å². The van der Waals surface area contributed by atoms with Crippen LogP contribution in [0.3, 0.4) is 0 Å². The molecule has 0 aliphatic heterocycles. The molecule has 0 saturated carbocycles. The second-order valence-electron chi connectivity index (χ2n) is 4.19. The first-order chi connectivity index (χ1) is 9.58. The second-order valence-corrected chi connectivity index (χ2v) is 5.05. The predicted molar refractivity (Wildman–Crippen MR) is 75.7 cm³/mol. The summed E-state index contributed by atoms with van der Waals surface area (Å²) < 4.78 is 15.6. The zero-order valence-electron chi connectivity index (χ0n) is 10.0. The molecule has 0 atom stereocenters. The molecular formula is C14H8BrFN2O2. The van der Waals surface area contributed by atoms with Gasteiger partial charge in [-0.1, -0.05) is 6.07 Å². The number of carbonyl (C=O) groups is 1. The van der Waals surface area contributed by atoms with E-state index in [1.165, 1.54) is 18.5 Å². The highest BCUT2D eigenvalue weighted by Crippen LogP contribution is 2.24. The van der Waals surface area contributed by atoms with E-state index < -0.39 is 11.8 Å². The van der Waals surface area contributed by atoms with E-state index in [9.17, 15) is 9.18 Å². The molecule has 0 unspecified atom stereocenters. The highest BCUT2D eigenvalue weighted by atomic mass is 79.9. The van der Waals surface area contributed by atoms with Crippen LogP contribution in [0, 0.1) is 5.82 Å². The lowest BCUT2D eigenvalue weighted by Crippen LogP contribution is -1.98. The van der Waals surface area contributed by atoms with E-state index in [4.69, 9.17) is 5.11 Å². The molecular weight excluding hydrogens is 327 g/mol. The number of carboxylic acids is 1. The average molecular weight is 335 g/mol. The van der Waals surface area contributed by atoms with Crippen molar-refractivity contribution >= 4 is 32.9 Å². The third-order valence-corrected chi connectivity index (χ3v) is 3.63. The number of benzene rings is 2. The zero-order valence-corrected chi connectivity index (χ0v) is 11.6. The Bertz CT molecular complexity index is 829. The zero-order chi connectivity index (χ0) is 14.3. The van der Waals surface area contributed by atoms with Crippen molar-refractivity contribution in [3.8, 4) is 5.69 Å². The van der Waals surface area contributed by atoms with Crippen molar-refractivity contribution in [2.24, 2.45) is 0 Å². The van der Waals surface area contributed by atoms with Crippen molar-refractivity contribution in [2.45, 2.75) is 0 Å². The molecule has 6 heteroatoms. The Hall–Kier alpha value is -2.21. The minimum atomic E-state index is -1.04. The maximum absolute atomic E-state index is 13.6. The van der Waals surface area contributed by atoms with Crippen LogP contribution in [0.1, 0.15) is 10.4 Å². The molecule has 0 aliphatic rings. The van der Waals surface area contributed by atoms with E-state index >= 15 is 0 Å². The Labute approximate surface area is 121 Å². The number of nitrogens with zero attached hydrogens (tertiary/aromatic N) is 2. The molecule has 1 aromatic heterocycles. The fourth-order valence-corrected chi connectivity index (χ4v) is 2.30. The van der Waals surface area contributed by atoms with Gasteiger partial charge in [0.15, 0.2) is 0 Å². The number of aromatic carboxylic acids is 1. The first-order valence-corrected chi connectivity index (χ1v) is 6.52. The smallest absolute Gasteiger partial charge is 0.337 e. The summed E-state index contributed by atoms with van der Waals surface area (Å²) >= 11 is 3.10. The molecule has 100 valence electrons. The normalized spacial score (nSPS) is 10.9. The first kappa shape index (κ1) is 12.8. The maximum atomic E-state index is 13.6. The van der Waals surface area contributed by atoms with Crippen LogP contribution in [-0.2, 0) is 0 Å². The number of rotatable bonds is 2.